The summed E-state index contributed by atoms with van der Waals surface area (Å²) in [6.07, 6.45) is 1.28. The van der Waals surface area contributed by atoms with E-state index in [1.54, 1.807) is 0 Å². The van der Waals surface area contributed by atoms with Gasteiger partial charge in [0.25, 0.3) is 0 Å². The molecule has 1 saturated heterocycles. The first-order valence-corrected chi connectivity index (χ1v) is 7.29. The van der Waals surface area contributed by atoms with Crippen LogP contribution in [0.2, 0.25) is 0 Å². The normalized spacial score (nSPS) is 15.3. The molecule has 4 nitrogen and oxygen atoms in total. The van der Waals surface area contributed by atoms with Gasteiger partial charge in [0.15, 0.2) is 0 Å². The summed E-state index contributed by atoms with van der Waals surface area (Å²) < 4.78 is 11.8. The molecule has 0 aliphatic carbocycles. The summed E-state index contributed by atoms with van der Waals surface area (Å²) in [6, 6.07) is 7.70. The Kier molecular flexibility index (Phi) is 5.66. The molecule has 5 heteroatoms. The van der Waals surface area contributed by atoms with Gasteiger partial charge in [0.2, 0.25) is 5.91 Å². The van der Waals surface area contributed by atoms with Crippen LogP contribution in [-0.4, -0.2) is 43.7 Å². The maximum Gasteiger partial charge on any atom is 0.222 e. The monoisotopic (exact) mass is 327 g/mol. The SMILES string of the molecule is O=C(CCCOc1ccc(Br)cc1)N1CCOCC1. The van der Waals surface area contributed by atoms with Gasteiger partial charge in [-0.1, -0.05) is 15.9 Å². The highest BCUT2D eigenvalue weighted by Crippen LogP contribution is 2.16. The molecule has 0 spiro atoms. The van der Waals surface area contributed by atoms with Gasteiger partial charge < -0.3 is 14.4 Å². The van der Waals surface area contributed by atoms with Gasteiger partial charge in [0.05, 0.1) is 19.8 Å². The highest BCUT2D eigenvalue weighted by Gasteiger charge is 2.15. The quantitative estimate of drug-likeness (QED) is 0.780. The Bertz CT molecular complexity index is 402. The summed E-state index contributed by atoms with van der Waals surface area (Å²) in [5.41, 5.74) is 0. The minimum absolute atomic E-state index is 0.197. The van der Waals surface area contributed by atoms with Gasteiger partial charge >= 0.3 is 0 Å². The van der Waals surface area contributed by atoms with Gasteiger partial charge in [-0.15, -0.1) is 0 Å². The Balaban J connectivity index is 1.63. The second-order valence-electron chi connectivity index (χ2n) is 4.40. The van der Waals surface area contributed by atoms with Crippen LogP contribution in [0.15, 0.2) is 28.7 Å². The molecule has 0 unspecified atom stereocenters. The van der Waals surface area contributed by atoms with E-state index < -0.39 is 0 Å². The number of rotatable bonds is 5. The van der Waals surface area contributed by atoms with Gasteiger partial charge in [-0.2, -0.15) is 0 Å². The number of hydrogen-bond donors (Lipinski definition) is 0. The van der Waals surface area contributed by atoms with Gasteiger partial charge in [-0.3, -0.25) is 4.79 Å². The zero-order valence-electron chi connectivity index (χ0n) is 10.8. The lowest BCUT2D eigenvalue weighted by molar-refractivity contribution is -0.135. The third-order valence-electron chi connectivity index (χ3n) is 2.98. The third-order valence-corrected chi connectivity index (χ3v) is 3.51. The van der Waals surface area contributed by atoms with Gasteiger partial charge in [0.1, 0.15) is 5.75 Å². The predicted molar refractivity (Wildman–Crippen MR) is 76.3 cm³/mol. The van der Waals surface area contributed by atoms with Crippen LogP contribution in [0.4, 0.5) is 0 Å². The molecular formula is C14H18BrNO3. The van der Waals surface area contributed by atoms with E-state index in [4.69, 9.17) is 9.47 Å². The maximum atomic E-state index is 11.9. The van der Waals surface area contributed by atoms with Crippen LogP contribution in [0, 0.1) is 0 Å². The molecule has 0 saturated carbocycles. The maximum absolute atomic E-state index is 11.9. The molecule has 0 atom stereocenters. The first kappa shape index (κ1) is 14.3. The molecule has 19 heavy (non-hydrogen) atoms. The van der Waals surface area contributed by atoms with Crippen LogP contribution in [-0.2, 0) is 9.53 Å². The van der Waals surface area contributed by atoms with E-state index in [0.29, 0.717) is 39.3 Å². The molecule has 1 aromatic rings. The van der Waals surface area contributed by atoms with Crippen molar-refractivity contribution < 1.29 is 14.3 Å². The first-order valence-electron chi connectivity index (χ1n) is 6.49. The molecule has 1 fully saturated rings. The molecule has 1 aliphatic rings. The van der Waals surface area contributed by atoms with Crippen LogP contribution < -0.4 is 4.74 Å². The van der Waals surface area contributed by atoms with Crippen molar-refractivity contribution in [3.05, 3.63) is 28.7 Å². The molecule has 1 amide bonds. The number of ether oxygens (including phenoxy) is 2. The highest BCUT2D eigenvalue weighted by molar-refractivity contribution is 9.10. The largest absolute Gasteiger partial charge is 0.494 e. The minimum atomic E-state index is 0.197. The average Bonchev–Trinajstić information content (AvgIpc) is 2.46. The Morgan fingerprint density at radius 1 is 1.26 bits per heavy atom. The first-order chi connectivity index (χ1) is 9.25. The number of benzene rings is 1. The van der Waals surface area contributed by atoms with Gasteiger partial charge in [0, 0.05) is 24.0 Å². The lowest BCUT2D eigenvalue weighted by Gasteiger charge is -2.26. The smallest absolute Gasteiger partial charge is 0.222 e. The van der Waals surface area contributed by atoms with Crippen molar-refractivity contribution in [2.24, 2.45) is 0 Å². The second kappa shape index (κ2) is 7.50. The number of nitrogens with zero attached hydrogens (tertiary/aromatic N) is 1. The Morgan fingerprint density at radius 2 is 1.95 bits per heavy atom. The lowest BCUT2D eigenvalue weighted by atomic mass is 10.2. The van der Waals surface area contributed by atoms with Crippen molar-refractivity contribution in [3.63, 3.8) is 0 Å². The van der Waals surface area contributed by atoms with Crippen LogP contribution in [0.1, 0.15) is 12.8 Å². The Morgan fingerprint density at radius 3 is 2.63 bits per heavy atom. The van der Waals surface area contributed by atoms with Crippen molar-refractivity contribution >= 4 is 21.8 Å². The van der Waals surface area contributed by atoms with E-state index in [1.165, 1.54) is 0 Å². The Hall–Kier alpha value is -1.07. The number of morpholine rings is 1. The molecule has 2 rings (SSSR count). The molecular weight excluding hydrogens is 310 g/mol. The summed E-state index contributed by atoms with van der Waals surface area (Å²) in [4.78, 5) is 13.7. The Labute approximate surface area is 121 Å². The van der Waals surface area contributed by atoms with Crippen LogP contribution in [0.3, 0.4) is 0 Å². The number of carbonyl (C=O) groups is 1. The fourth-order valence-electron chi connectivity index (χ4n) is 1.92. The van der Waals surface area contributed by atoms with Crippen molar-refractivity contribution in [2.45, 2.75) is 12.8 Å². The number of hydrogen-bond acceptors (Lipinski definition) is 3. The van der Waals surface area contributed by atoms with E-state index in [2.05, 4.69) is 15.9 Å². The number of amides is 1. The zero-order valence-corrected chi connectivity index (χ0v) is 12.4. The van der Waals surface area contributed by atoms with E-state index in [9.17, 15) is 4.79 Å². The molecule has 104 valence electrons. The molecule has 0 aromatic heterocycles. The predicted octanol–water partition coefficient (Wildman–Crippen LogP) is 2.47. The van der Waals surface area contributed by atoms with E-state index in [-0.39, 0.29) is 5.91 Å². The van der Waals surface area contributed by atoms with Crippen LogP contribution >= 0.6 is 15.9 Å². The molecule has 1 aromatic carbocycles. The van der Waals surface area contributed by atoms with Crippen molar-refractivity contribution in [1.82, 2.24) is 4.90 Å². The highest BCUT2D eigenvalue weighted by atomic mass is 79.9. The van der Waals surface area contributed by atoms with Gasteiger partial charge in [-0.05, 0) is 30.7 Å². The van der Waals surface area contributed by atoms with E-state index in [0.717, 1.165) is 16.6 Å². The van der Waals surface area contributed by atoms with Crippen molar-refractivity contribution in [3.8, 4) is 5.75 Å². The second-order valence-corrected chi connectivity index (χ2v) is 5.31. The zero-order chi connectivity index (χ0) is 13.5. The molecule has 0 bridgehead atoms. The molecule has 0 N–H and O–H groups in total. The van der Waals surface area contributed by atoms with Gasteiger partial charge in [-0.25, -0.2) is 0 Å². The summed E-state index contributed by atoms with van der Waals surface area (Å²) in [5.74, 6) is 1.03. The summed E-state index contributed by atoms with van der Waals surface area (Å²) in [5, 5.41) is 0. The molecule has 1 heterocycles. The number of halogens is 1. The fraction of sp³-hybridized carbons (Fsp3) is 0.500. The fourth-order valence-corrected chi connectivity index (χ4v) is 2.18. The standard InChI is InChI=1S/C14H18BrNO3/c15-12-3-5-13(6-4-12)19-9-1-2-14(17)16-7-10-18-11-8-16/h3-6H,1-2,7-11H2. The summed E-state index contributed by atoms with van der Waals surface area (Å²) >= 11 is 3.37. The topological polar surface area (TPSA) is 38.8 Å². The third kappa shape index (κ3) is 4.84. The average molecular weight is 328 g/mol. The summed E-state index contributed by atoms with van der Waals surface area (Å²) in [6.45, 7) is 3.30. The minimum Gasteiger partial charge on any atom is -0.494 e. The van der Waals surface area contributed by atoms with E-state index in [1.807, 2.05) is 29.2 Å². The van der Waals surface area contributed by atoms with Crippen molar-refractivity contribution in [2.75, 3.05) is 32.9 Å². The molecule has 1 aliphatic heterocycles. The summed E-state index contributed by atoms with van der Waals surface area (Å²) in [7, 11) is 0. The molecule has 0 radical (unpaired) electrons. The van der Waals surface area contributed by atoms with Crippen LogP contribution in [0.5, 0.6) is 5.75 Å². The number of carbonyl (C=O) groups excluding carboxylic acids is 1. The van der Waals surface area contributed by atoms with Crippen molar-refractivity contribution in [1.29, 1.82) is 0 Å². The van der Waals surface area contributed by atoms with E-state index >= 15 is 0 Å². The van der Waals surface area contributed by atoms with Crippen LogP contribution in [0.25, 0.3) is 0 Å². The lowest BCUT2D eigenvalue weighted by Crippen LogP contribution is -2.40.